The third kappa shape index (κ3) is 4.29. The lowest BCUT2D eigenvalue weighted by Crippen LogP contribution is -2.25. The van der Waals surface area contributed by atoms with E-state index in [4.69, 9.17) is 11.6 Å². The van der Waals surface area contributed by atoms with Crippen molar-refractivity contribution >= 4 is 17.5 Å². The lowest BCUT2D eigenvalue weighted by Gasteiger charge is -2.07. The van der Waals surface area contributed by atoms with Crippen LogP contribution in [0.3, 0.4) is 0 Å². The van der Waals surface area contributed by atoms with Gasteiger partial charge in [-0.2, -0.15) is 5.10 Å². The zero-order valence-electron chi connectivity index (χ0n) is 12.2. The Kier molecular flexibility index (Phi) is 5.33. The van der Waals surface area contributed by atoms with E-state index in [1.165, 1.54) is 5.56 Å². The van der Waals surface area contributed by atoms with Crippen LogP contribution in [0.25, 0.3) is 0 Å². The highest BCUT2D eigenvalue weighted by atomic mass is 35.5. The fraction of sp³-hybridized carbons (Fsp3) is 0.400. The molecule has 2 aromatic rings. The van der Waals surface area contributed by atoms with Crippen LogP contribution in [0.15, 0.2) is 18.3 Å². The molecular weight excluding hydrogens is 288 g/mol. The average molecular weight is 307 g/mol. The molecule has 2 rings (SSSR count). The lowest BCUT2D eigenvalue weighted by atomic mass is 10.1. The summed E-state index contributed by atoms with van der Waals surface area (Å²) in [6.45, 7) is 4.59. The Morgan fingerprint density at radius 2 is 2.24 bits per heavy atom. The zero-order valence-corrected chi connectivity index (χ0v) is 13.0. The number of H-pyrrole nitrogens is 1. The van der Waals surface area contributed by atoms with Crippen LogP contribution < -0.4 is 5.32 Å². The van der Waals surface area contributed by atoms with Gasteiger partial charge in [-0.15, -0.1) is 0 Å². The maximum absolute atomic E-state index is 12.1. The van der Waals surface area contributed by atoms with Crippen LogP contribution in [0, 0.1) is 6.92 Å². The van der Waals surface area contributed by atoms with Crippen LogP contribution >= 0.6 is 11.6 Å². The van der Waals surface area contributed by atoms with E-state index in [1.54, 1.807) is 12.1 Å². The van der Waals surface area contributed by atoms with Crippen molar-refractivity contribution in [3.63, 3.8) is 0 Å². The monoisotopic (exact) mass is 306 g/mol. The number of hydrogen-bond donors (Lipinski definition) is 2. The zero-order chi connectivity index (χ0) is 15.2. The molecule has 0 aromatic carbocycles. The van der Waals surface area contributed by atoms with Crippen molar-refractivity contribution in [3.8, 4) is 0 Å². The second-order valence-corrected chi connectivity index (χ2v) is 5.29. The summed E-state index contributed by atoms with van der Waals surface area (Å²) in [5.41, 5.74) is 3.65. The number of aryl methyl sites for hydroxylation is 3. The van der Waals surface area contributed by atoms with Crippen molar-refractivity contribution < 1.29 is 4.79 Å². The smallest absolute Gasteiger partial charge is 0.251 e. The first-order valence-electron chi connectivity index (χ1n) is 7.03. The van der Waals surface area contributed by atoms with Crippen molar-refractivity contribution in [2.45, 2.75) is 33.1 Å². The van der Waals surface area contributed by atoms with Gasteiger partial charge in [0, 0.05) is 23.5 Å². The molecule has 0 unspecified atom stereocenters. The van der Waals surface area contributed by atoms with E-state index in [-0.39, 0.29) is 5.91 Å². The van der Waals surface area contributed by atoms with Gasteiger partial charge in [0.1, 0.15) is 5.15 Å². The molecule has 2 N–H and O–H groups in total. The third-order valence-corrected chi connectivity index (χ3v) is 3.51. The molecule has 112 valence electrons. The third-order valence-electron chi connectivity index (χ3n) is 3.31. The summed E-state index contributed by atoms with van der Waals surface area (Å²) in [4.78, 5) is 16.2. The molecule has 0 bridgehead atoms. The first-order valence-corrected chi connectivity index (χ1v) is 7.41. The van der Waals surface area contributed by atoms with E-state index in [0.29, 0.717) is 17.3 Å². The minimum absolute atomic E-state index is 0.113. The fourth-order valence-corrected chi connectivity index (χ4v) is 2.30. The van der Waals surface area contributed by atoms with E-state index in [9.17, 15) is 4.79 Å². The van der Waals surface area contributed by atoms with Crippen molar-refractivity contribution in [2.24, 2.45) is 0 Å². The standard InChI is InChI=1S/C15H19ClN4O/c1-3-13-7-12(8-14(16)19-13)15(21)17-6-4-5-11-9-18-20-10(11)2/h7-9H,3-6H2,1-2H3,(H,17,21)(H,18,20). The molecule has 2 aromatic heterocycles. The van der Waals surface area contributed by atoms with Gasteiger partial charge in [-0.1, -0.05) is 18.5 Å². The van der Waals surface area contributed by atoms with E-state index in [1.807, 2.05) is 20.0 Å². The topological polar surface area (TPSA) is 70.7 Å². The number of pyridine rings is 1. The summed E-state index contributed by atoms with van der Waals surface area (Å²) in [5.74, 6) is -0.113. The number of carbonyl (C=O) groups is 1. The van der Waals surface area contributed by atoms with Crippen LogP contribution in [0.4, 0.5) is 0 Å². The fourth-order valence-electron chi connectivity index (χ4n) is 2.07. The molecule has 21 heavy (non-hydrogen) atoms. The quantitative estimate of drug-likeness (QED) is 0.637. The largest absolute Gasteiger partial charge is 0.352 e. The van der Waals surface area contributed by atoms with Crippen LogP contribution in [0.2, 0.25) is 5.15 Å². The van der Waals surface area contributed by atoms with Crippen LogP contribution in [0.5, 0.6) is 0 Å². The van der Waals surface area contributed by atoms with Gasteiger partial charge in [-0.05, 0) is 43.9 Å². The van der Waals surface area contributed by atoms with Gasteiger partial charge in [0.2, 0.25) is 0 Å². The van der Waals surface area contributed by atoms with Gasteiger partial charge in [0.15, 0.2) is 0 Å². The van der Waals surface area contributed by atoms with Crippen LogP contribution in [-0.2, 0) is 12.8 Å². The molecule has 0 aliphatic heterocycles. The molecule has 0 spiro atoms. The Bertz CT molecular complexity index is 624. The summed E-state index contributed by atoms with van der Waals surface area (Å²) in [6, 6.07) is 3.37. The van der Waals surface area contributed by atoms with E-state index >= 15 is 0 Å². The molecule has 6 heteroatoms. The Labute approximate surface area is 129 Å². The van der Waals surface area contributed by atoms with Gasteiger partial charge < -0.3 is 5.32 Å². The molecule has 0 aliphatic carbocycles. The highest BCUT2D eigenvalue weighted by Crippen LogP contribution is 2.11. The number of carbonyl (C=O) groups excluding carboxylic acids is 1. The van der Waals surface area contributed by atoms with Crippen molar-refractivity contribution in [2.75, 3.05) is 6.54 Å². The number of nitrogens with one attached hydrogen (secondary N) is 2. The number of rotatable bonds is 6. The Morgan fingerprint density at radius 1 is 1.43 bits per heavy atom. The molecule has 2 heterocycles. The highest BCUT2D eigenvalue weighted by molar-refractivity contribution is 6.29. The number of aromatic nitrogens is 3. The second-order valence-electron chi connectivity index (χ2n) is 4.90. The summed E-state index contributed by atoms with van der Waals surface area (Å²) >= 11 is 5.92. The van der Waals surface area contributed by atoms with Crippen LogP contribution in [-0.4, -0.2) is 27.6 Å². The van der Waals surface area contributed by atoms with Crippen molar-refractivity contribution in [1.82, 2.24) is 20.5 Å². The van der Waals surface area contributed by atoms with E-state index in [0.717, 1.165) is 30.7 Å². The minimum atomic E-state index is -0.113. The number of aromatic amines is 1. The van der Waals surface area contributed by atoms with Gasteiger partial charge in [0.25, 0.3) is 5.91 Å². The Morgan fingerprint density at radius 3 is 2.90 bits per heavy atom. The first-order chi connectivity index (χ1) is 10.1. The number of hydrogen-bond acceptors (Lipinski definition) is 3. The maximum atomic E-state index is 12.1. The van der Waals surface area contributed by atoms with Crippen molar-refractivity contribution in [1.29, 1.82) is 0 Å². The number of halogens is 1. The van der Waals surface area contributed by atoms with E-state index < -0.39 is 0 Å². The highest BCUT2D eigenvalue weighted by Gasteiger charge is 2.08. The van der Waals surface area contributed by atoms with Gasteiger partial charge in [-0.25, -0.2) is 4.98 Å². The SMILES string of the molecule is CCc1cc(C(=O)NCCCc2cn[nH]c2C)cc(Cl)n1. The summed E-state index contributed by atoms with van der Waals surface area (Å²) in [6.07, 6.45) is 4.33. The van der Waals surface area contributed by atoms with Crippen LogP contribution in [0.1, 0.15) is 40.7 Å². The van der Waals surface area contributed by atoms with Gasteiger partial charge >= 0.3 is 0 Å². The summed E-state index contributed by atoms with van der Waals surface area (Å²) in [7, 11) is 0. The molecule has 0 atom stereocenters. The summed E-state index contributed by atoms with van der Waals surface area (Å²) < 4.78 is 0. The Balaban J connectivity index is 1.84. The molecule has 0 saturated heterocycles. The molecular formula is C15H19ClN4O. The second kappa shape index (κ2) is 7.22. The number of nitrogens with zero attached hydrogens (tertiary/aromatic N) is 2. The molecule has 0 radical (unpaired) electrons. The number of amides is 1. The molecule has 0 fully saturated rings. The first kappa shape index (κ1) is 15.5. The molecule has 0 saturated carbocycles. The maximum Gasteiger partial charge on any atom is 0.251 e. The van der Waals surface area contributed by atoms with Crippen molar-refractivity contribution in [3.05, 3.63) is 46.0 Å². The van der Waals surface area contributed by atoms with E-state index in [2.05, 4.69) is 20.5 Å². The molecule has 5 nitrogen and oxygen atoms in total. The average Bonchev–Trinajstić information content (AvgIpc) is 2.88. The van der Waals surface area contributed by atoms with Gasteiger partial charge in [-0.3, -0.25) is 9.89 Å². The predicted molar refractivity (Wildman–Crippen MR) is 82.6 cm³/mol. The lowest BCUT2D eigenvalue weighted by molar-refractivity contribution is 0.0953. The molecule has 1 amide bonds. The normalized spacial score (nSPS) is 10.6. The predicted octanol–water partition coefficient (Wildman–Crippen LogP) is 2.69. The Hall–Kier alpha value is -1.88. The van der Waals surface area contributed by atoms with Gasteiger partial charge in [0.05, 0.1) is 6.20 Å². The molecule has 0 aliphatic rings. The summed E-state index contributed by atoms with van der Waals surface area (Å²) in [5, 5.41) is 10.1. The minimum Gasteiger partial charge on any atom is -0.352 e.